The van der Waals surface area contributed by atoms with Crippen LogP contribution in [0.25, 0.3) is 0 Å². The van der Waals surface area contributed by atoms with Gasteiger partial charge < -0.3 is 10.0 Å². The predicted molar refractivity (Wildman–Crippen MR) is 83.5 cm³/mol. The molecule has 1 heterocycles. The minimum absolute atomic E-state index is 0.0107. The molecule has 1 aromatic carbocycles. The Labute approximate surface area is 120 Å². The highest BCUT2D eigenvalue weighted by Crippen LogP contribution is 2.29. The van der Waals surface area contributed by atoms with Crippen LogP contribution >= 0.6 is 0 Å². The second kappa shape index (κ2) is 6.06. The molecule has 0 bridgehead atoms. The van der Waals surface area contributed by atoms with Gasteiger partial charge in [0.25, 0.3) is 0 Å². The van der Waals surface area contributed by atoms with E-state index in [0.29, 0.717) is 0 Å². The quantitative estimate of drug-likeness (QED) is 0.921. The van der Waals surface area contributed by atoms with Crippen molar-refractivity contribution in [3.63, 3.8) is 0 Å². The van der Waals surface area contributed by atoms with Crippen LogP contribution in [0.3, 0.4) is 0 Å². The zero-order valence-corrected chi connectivity index (χ0v) is 12.6. The van der Waals surface area contributed by atoms with Crippen molar-refractivity contribution in [3.8, 4) is 0 Å². The van der Waals surface area contributed by atoms with Gasteiger partial charge in [-0.15, -0.1) is 0 Å². The molecule has 0 saturated heterocycles. The van der Waals surface area contributed by atoms with E-state index in [1.54, 1.807) is 0 Å². The monoisotopic (exact) mass is 270 g/mol. The van der Waals surface area contributed by atoms with Crippen molar-refractivity contribution in [2.24, 2.45) is 0 Å². The zero-order chi connectivity index (χ0) is 14.7. The summed E-state index contributed by atoms with van der Waals surface area (Å²) < 4.78 is 0. The number of pyridine rings is 1. The summed E-state index contributed by atoms with van der Waals surface area (Å²) in [6.45, 7) is 9.01. The van der Waals surface area contributed by atoms with Crippen molar-refractivity contribution in [2.45, 2.75) is 34.3 Å². The molecule has 0 aliphatic carbocycles. The molecule has 20 heavy (non-hydrogen) atoms. The number of hydrogen-bond acceptors (Lipinski definition) is 3. The van der Waals surface area contributed by atoms with Gasteiger partial charge in [-0.05, 0) is 57.0 Å². The Balaban J connectivity index is 2.57. The molecule has 1 N–H and O–H groups in total. The smallest absolute Gasteiger partial charge is 0.139 e. The highest BCUT2D eigenvalue weighted by molar-refractivity contribution is 5.64. The number of aliphatic hydroxyl groups excluding tert-OH is 1. The van der Waals surface area contributed by atoms with E-state index >= 15 is 0 Å². The second-order valence-corrected chi connectivity index (χ2v) is 5.12. The van der Waals surface area contributed by atoms with Gasteiger partial charge in [0, 0.05) is 23.5 Å². The van der Waals surface area contributed by atoms with Crippen LogP contribution in [-0.4, -0.2) is 16.6 Å². The van der Waals surface area contributed by atoms with Crippen LogP contribution in [0.15, 0.2) is 30.3 Å². The lowest BCUT2D eigenvalue weighted by Gasteiger charge is -2.26. The number of aryl methyl sites for hydroxylation is 3. The molecule has 0 aliphatic rings. The number of anilines is 2. The molecule has 0 atom stereocenters. The first-order valence-corrected chi connectivity index (χ1v) is 6.99. The molecular formula is C17H22N2O. The van der Waals surface area contributed by atoms with Crippen molar-refractivity contribution in [2.75, 3.05) is 11.4 Å². The molecule has 3 nitrogen and oxygen atoms in total. The molecule has 0 amide bonds. The van der Waals surface area contributed by atoms with Crippen molar-refractivity contribution in [1.82, 2.24) is 4.98 Å². The van der Waals surface area contributed by atoms with E-state index in [2.05, 4.69) is 48.0 Å². The molecule has 0 spiro atoms. The Morgan fingerprint density at radius 1 is 1.15 bits per heavy atom. The van der Waals surface area contributed by atoms with Gasteiger partial charge >= 0.3 is 0 Å². The fraction of sp³-hybridized carbons (Fsp3) is 0.353. The Hall–Kier alpha value is -1.87. The first-order valence-electron chi connectivity index (χ1n) is 6.99. The van der Waals surface area contributed by atoms with Gasteiger partial charge in [-0.3, -0.25) is 0 Å². The predicted octanol–water partition coefficient (Wildman–Crippen LogP) is 3.66. The van der Waals surface area contributed by atoms with E-state index in [1.165, 1.54) is 5.56 Å². The van der Waals surface area contributed by atoms with Gasteiger partial charge in [-0.2, -0.15) is 0 Å². The molecule has 0 radical (unpaired) electrons. The Morgan fingerprint density at radius 3 is 2.50 bits per heavy atom. The van der Waals surface area contributed by atoms with Gasteiger partial charge in [0.1, 0.15) is 5.82 Å². The van der Waals surface area contributed by atoms with E-state index in [-0.39, 0.29) is 6.61 Å². The molecule has 0 saturated carbocycles. The fourth-order valence-electron chi connectivity index (χ4n) is 2.51. The highest BCUT2D eigenvalue weighted by atomic mass is 16.3. The lowest BCUT2D eigenvalue weighted by Crippen LogP contribution is -2.20. The van der Waals surface area contributed by atoms with Crippen molar-refractivity contribution in [1.29, 1.82) is 0 Å². The van der Waals surface area contributed by atoms with Gasteiger partial charge in [-0.25, -0.2) is 4.98 Å². The molecule has 2 rings (SSSR count). The molecule has 3 heteroatoms. The zero-order valence-electron chi connectivity index (χ0n) is 12.6. The summed E-state index contributed by atoms with van der Waals surface area (Å²) in [7, 11) is 0. The second-order valence-electron chi connectivity index (χ2n) is 5.12. The lowest BCUT2D eigenvalue weighted by atomic mass is 10.1. The Kier molecular flexibility index (Phi) is 4.40. The summed E-state index contributed by atoms with van der Waals surface area (Å²) in [5.41, 5.74) is 5.29. The number of aliphatic hydroxyl groups is 1. The molecule has 106 valence electrons. The third-order valence-corrected chi connectivity index (χ3v) is 3.50. The topological polar surface area (TPSA) is 36.4 Å². The standard InChI is InChI=1S/C17H22N2O/c1-5-19(15-8-6-7-12(2)9-15)17-16(11-20)13(3)10-14(4)18-17/h6-10,20H,5,11H2,1-4H3. The fourth-order valence-corrected chi connectivity index (χ4v) is 2.51. The lowest BCUT2D eigenvalue weighted by molar-refractivity contribution is 0.281. The first-order chi connectivity index (χ1) is 9.56. The van der Waals surface area contributed by atoms with E-state index in [9.17, 15) is 5.11 Å². The maximum absolute atomic E-state index is 9.67. The number of aromatic nitrogens is 1. The van der Waals surface area contributed by atoms with Crippen LogP contribution in [-0.2, 0) is 6.61 Å². The molecule has 2 aromatic rings. The Bertz CT molecular complexity index is 608. The number of hydrogen-bond donors (Lipinski definition) is 1. The number of benzene rings is 1. The van der Waals surface area contributed by atoms with Crippen LogP contribution in [0.4, 0.5) is 11.5 Å². The largest absolute Gasteiger partial charge is 0.392 e. The third-order valence-electron chi connectivity index (χ3n) is 3.50. The summed E-state index contributed by atoms with van der Waals surface area (Å²) in [6, 6.07) is 10.4. The van der Waals surface area contributed by atoms with Crippen molar-refractivity contribution < 1.29 is 5.11 Å². The average molecular weight is 270 g/mol. The number of nitrogens with zero attached hydrogens (tertiary/aromatic N) is 2. The van der Waals surface area contributed by atoms with E-state index in [4.69, 9.17) is 0 Å². The van der Waals surface area contributed by atoms with Gasteiger partial charge in [0.05, 0.1) is 6.61 Å². The van der Waals surface area contributed by atoms with Crippen LogP contribution < -0.4 is 4.90 Å². The summed E-state index contributed by atoms with van der Waals surface area (Å²) in [5, 5.41) is 9.67. The van der Waals surface area contributed by atoms with E-state index in [0.717, 1.165) is 34.9 Å². The van der Waals surface area contributed by atoms with Crippen LogP contribution in [0, 0.1) is 20.8 Å². The maximum Gasteiger partial charge on any atom is 0.139 e. The third kappa shape index (κ3) is 2.83. The first kappa shape index (κ1) is 14.5. The van der Waals surface area contributed by atoms with Crippen molar-refractivity contribution in [3.05, 3.63) is 52.7 Å². The SMILES string of the molecule is CCN(c1cccc(C)c1)c1nc(C)cc(C)c1CO. The minimum Gasteiger partial charge on any atom is -0.392 e. The summed E-state index contributed by atoms with van der Waals surface area (Å²) in [5.74, 6) is 0.859. The molecule has 1 aromatic heterocycles. The van der Waals surface area contributed by atoms with Crippen LogP contribution in [0.5, 0.6) is 0 Å². The summed E-state index contributed by atoms with van der Waals surface area (Å²) in [4.78, 5) is 6.80. The van der Waals surface area contributed by atoms with Crippen LogP contribution in [0.1, 0.15) is 29.3 Å². The van der Waals surface area contributed by atoms with Crippen molar-refractivity contribution >= 4 is 11.5 Å². The maximum atomic E-state index is 9.67. The molecule has 0 fully saturated rings. The number of rotatable bonds is 4. The summed E-state index contributed by atoms with van der Waals surface area (Å²) >= 11 is 0. The van der Waals surface area contributed by atoms with E-state index < -0.39 is 0 Å². The highest BCUT2D eigenvalue weighted by Gasteiger charge is 2.15. The normalized spacial score (nSPS) is 10.7. The molecule has 0 aliphatic heterocycles. The van der Waals surface area contributed by atoms with Gasteiger partial charge in [0.2, 0.25) is 0 Å². The minimum atomic E-state index is 0.0107. The van der Waals surface area contributed by atoms with E-state index in [1.807, 2.05) is 19.9 Å². The van der Waals surface area contributed by atoms with Gasteiger partial charge in [-0.1, -0.05) is 12.1 Å². The Morgan fingerprint density at radius 2 is 1.90 bits per heavy atom. The average Bonchev–Trinajstić information content (AvgIpc) is 2.39. The van der Waals surface area contributed by atoms with Crippen LogP contribution in [0.2, 0.25) is 0 Å². The molecule has 0 unspecified atom stereocenters. The van der Waals surface area contributed by atoms with Gasteiger partial charge in [0.15, 0.2) is 0 Å². The molecular weight excluding hydrogens is 248 g/mol. The summed E-state index contributed by atoms with van der Waals surface area (Å²) in [6.07, 6.45) is 0.